The van der Waals surface area contributed by atoms with E-state index in [1.165, 1.54) is 19.1 Å². The minimum Gasteiger partial charge on any atom is -0.501 e. The highest BCUT2D eigenvalue weighted by molar-refractivity contribution is 7.95. The zero-order valence-electron chi connectivity index (χ0n) is 27.4. The van der Waals surface area contributed by atoms with Crippen LogP contribution in [-0.4, -0.2) is 37.4 Å². The minimum absolute atomic E-state index is 0.0809. The van der Waals surface area contributed by atoms with Crippen molar-refractivity contribution in [3.63, 3.8) is 0 Å². The van der Waals surface area contributed by atoms with Crippen molar-refractivity contribution in [1.82, 2.24) is 15.4 Å². The van der Waals surface area contributed by atoms with Gasteiger partial charge in [0.2, 0.25) is 0 Å². The molecule has 0 heterocycles. The first kappa shape index (κ1) is 40.9. The summed E-state index contributed by atoms with van der Waals surface area (Å²) in [7, 11) is 1.57. The van der Waals surface area contributed by atoms with E-state index in [1.54, 1.807) is 38.3 Å². The quantitative estimate of drug-likeness (QED) is 0.0322. The number of carbonyl (C=O) groups is 2. The lowest BCUT2D eigenvalue weighted by atomic mass is 10.0. The smallest absolute Gasteiger partial charge is 0.416 e. The molecule has 0 aliphatic rings. The third-order valence-corrected chi connectivity index (χ3v) is 7.10. The van der Waals surface area contributed by atoms with Crippen LogP contribution in [0.3, 0.4) is 0 Å². The van der Waals surface area contributed by atoms with Crippen molar-refractivity contribution in [2.45, 2.75) is 65.0 Å². The molecule has 268 valence electrons. The van der Waals surface area contributed by atoms with E-state index in [2.05, 4.69) is 10.0 Å². The number of halogens is 6. The van der Waals surface area contributed by atoms with E-state index in [4.69, 9.17) is 20.0 Å². The summed E-state index contributed by atoms with van der Waals surface area (Å²) in [6.07, 6.45) is -2.55. The van der Waals surface area contributed by atoms with Crippen LogP contribution in [0.25, 0.3) is 6.08 Å². The number of nitrogens with two attached hydrogens (primary N) is 1. The van der Waals surface area contributed by atoms with Crippen molar-refractivity contribution < 1.29 is 45.4 Å². The lowest BCUT2D eigenvalue weighted by molar-refractivity contribution is -0.143. The molecule has 2 aromatic carbocycles. The molecular weight excluding hydrogens is 676 g/mol. The van der Waals surface area contributed by atoms with Gasteiger partial charge in [-0.1, -0.05) is 25.2 Å². The fourth-order valence-electron chi connectivity index (χ4n) is 4.49. The number of alkyl halides is 6. The van der Waals surface area contributed by atoms with Crippen molar-refractivity contribution in [2.75, 3.05) is 13.7 Å². The number of ether oxygens (including phenoxy) is 2. The summed E-state index contributed by atoms with van der Waals surface area (Å²) in [4.78, 5) is 25.9. The molecule has 0 saturated carbocycles. The molecule has 2 atom stereocenters. The van der Waals surface area contributed by atoms with Crippen LogP contribution in [0.15, 0.2) is 66.0 Å². The Morgan fingerprint density at radius 3 is 2.16 bits per heavy atom. The van der Waals surface area contributed by atoms with Crippen LogP contribution in [0.1, 0.15) is 79.2 Å². The molecular formula is C33H39F6N5O4S. The molecule has 49 heavy (non-hydrogen) atoms. The largest absolute Gasteiger partial charge is 0.501 e. The van der Waals surface area contributed by atoms with Crippen molar-refractivity contribution in [3.8, 4) is 5.75 Å². The summed E-state index contributed by atoms with van der Waals surface area (Å²) in [5.41, 5.74) is -2.92. The lowest BCUT2D eigenvalue weighted by Gasteiger charge is -2.22. The summed E-state index contributed by atoms with van der Waals surface area (Å²) >= 11 is 0.610. The van der Waals surface area contributed by atoms with Gasteiger partial charge in [-0.2, -0.15) is 26.3 Å². The molecule has 6 N–H and O–H groups in total. The van der Waals surface area contributed by atoms with Gasteiger partial charge < -0.3 is 14.8 Å². The number of carbonyl (C=O) groups excluding carboxylic acids is 2. The lowest BCUT2D eigenvalue weighted by Crippen LogP contribution is -2.39. The van der Waals surface area contributed by atoms with Crippen LogP contribution in [0.4, 0.5) is 26.3 Å². The van der Waals surface area contributed by atoms with Crippen molar-refractivity contribution >= 4 is 35.9 Å². The van der Waals surface area contributed by atoms with Gasteiger partial charge in [-0.05, 0) is 80.8 Å². The standard InChI is InChI=1S/C33H39F6N5O4S/c1-6-9-26(47-5)13-20-12-22(17-27(14-20)48-8-3)28(31(46)44-49-41)42-19(4)10-11-21(7-2)29(40)43-30(45)23-15-24(32(34,35)36)18-25(16-23)33(37,38)39/h7,10-19,28,42H,6,8-9,41H2,1-5H3,(H,44,46)(H2,40,43,45)/b11-10-,21-7+,26-13-. The van der Waals surface area contributed by atoms with E-state index in [1.807, 2.05) is 25.2 Å². The molecule has 2 aromatic rings. The van der Waals surface area contributed by atoms with Gasteiger partial charge in [0, 0.05) is 35.7 Å². The molecule has 0 fully saturated rings. The normalized spacial score (nSPS) is 14.0. The number of methoxy groups -OCH3 is 1. The van der Waals surface area contributed by atoms with Crippen LogP contribution in [0.2, 0.25) is 0 Å². The number of hydrogen-bond acceptors (Lipinski definition) is 8. The van der Waals surface area contributed by atoms with Gasteiger partial charge in [0.05, 0.1) is 30.6 Å². The maximum Gasteiger partial charge on any atom is 0.416 e. The van der Waals surface area contributed by atoms with Gasteiger partial charge in [0.15, 0.2) is 0 Å². The zero-order valence-corrected chi connectivity index (χ0v) is 28.3. The number of nitrogens with one attached hydrogen (secondary N) is 4. The van der Waals surface area contributed by atoms with Crippen LogP contribution in [0, 0.1) is 5.41 Å². The predicted octanol–water partition coefficient (Wildman–Crippen LogP) is 7.48. The predicted molar refractivity (Wildman–Crippen MR) is 177 cm³/mol. The number of benzene rings is 2. The van der Waals surface area contributed by atoms with E-state index in [-0.39, 0.29) is 23.8 Å². The number of amidine groups is 1. The van der Waals surface area contributed by atoms with Gasteiger partial charge in [-0.25, -0.2) is 0 Å². The Balaban J connectivity index is 2.35. The first-order valence-electron chi connectivity index (χ1n) is 14.9. The summed E-state index contributed by atoms with van der Waals surface area (Å²) in [6, 6.07) is 4.22. The molecule has 0 saturated heterocycles. The molecule has 0 radical (unpaired) electrons. The van der Waals surface area contributed by atoms with Crippen molar-refractivity contribution in [2.24, 2.45) is 5.14 Å². The van der Waals surface area contributed by atoms with Gasteiger partial charge in [0.1, 0.15) is 17.6 Å². The highest BCUT2D eigenvalue weighted by atomic mass is 32.2. The molecule has 0 spiro atoms. The maximum atomic E-state index is 13.3. The van der Waals surface area contributed by atoms with Gasteiger partial charge in [0.25, 0.3) is 11.8 Å². The zero-order chi connectivity index (χ0) is 36.9. The first-order chi connectivity index (χ1) is 23.0. The SMILES string of the molecule is C/C=C(\C=C/C(C)NC(C(=O)NSN)c1cc(/C=C(/CCC)OC)cc(OCC)c1)C(=N)NC(=O)c1cc(C(F)(F)F)cc(C(F)(F)F)c1. The fraction of sp³-hybridized carbons (Fsp3) is 0.364. The monoisotopic (exact) mass is 715 g/mol. The van der Waals surface area contributed by atoms with Crippen LogP contribution in [0.5, 0.6) is 5.75 Å². The van der Waals surface area contributed by atoms with Crippen LogP contribution < -0.4 is 25.2 Å². The third-order valence-electron chi connectivity index (χ3n) is 6.79. The highest BCUT2D eigenvalue weighted by Crippen LogP contribution is 2.36. The van der Waals surface area contributed by atoms with Gasteiger partial charge in [-0.3, -0.25) is 30.2 Å². The number of rotatable bonds is 15. The second kappa shape index (κ2) is 18.5. The first-order valence-corrected chi connectivity index (χ1v) is 15.8. The Hall–Kier alpha value is -4.28. The topological polar surface area (TPSA) is 139 Å². The highest BCUT2D eigenvalue weighted by Gasteiger charge is 2.37. The van der Waals surface area contributed by atoms with Crippen molar-refractivity contribution in [3.05, 3.63) is 93.8 Å². The number of allylic oxidation sites excluding steroid dienone is 2. The van der Waals surface area contributed by atoms with E-state index in [0.29, 0.717) is 36.5 Å². The summed E-state index contributed by atoms with van der Waals surface area (Å²) < 4.78 is 93.3. The number of amides is 2. The second-order valence-electron chi connectivity index (χ2n) is 10.5. The van der Waals surface area contributed by atoms with Gasteiger partial charge in [-0.15, -0.1) is 0 Å². The van der Waals surface area contributed by atoms with Crippen molar-refractivity contribution in [1.29, 1.82) is 5.41 Å². The summed E-state index contributed by atoms with van der Waals surface area (Å²) in [5.74, 6) is -1.18. The van der Waals surface area contributed by atoms with Crippen LogP contribution >= 0.6 is 12.1 Å². The molecule has 2 amide bonds. The van der Waals surface area contributed by atoms with E-state index in [9.17, 15) is 35.9 Å². The third kappa shape index (κ3) is 12.6. The minimum atomic E-state index is -5.15. The Kier molecular flexibility index (Phi) is 15.4. The van der Waals surface area contributed by atoms with E-state index in [0.717, 1.165) is 17.7 Å². The maximum absolute atomic E-state index is 13.3. The van der Waals surface area contributed by atoms with E-state index >= 15 is 0 Å². The Morgan fingerprint density at radius 1 is 1.02 bits per heavy atom. The molecule has 0 aliphatic heterocycles. The Bertz CT molecular complexity index is 1540. The van der Waals surface area contributed by atoms with Gasteiger partial charge >= 0.3 is 12.4 Å². The Labute approximate surface area is 285 Å². The average molecular weight is 716 g/mol. The summed E-state index contributed by atoms with van der Waals surface area (Å²) in [6.45, 7) is 7.41. The fourth-order valence-corrected chi connectivity index (χ4v) is 4.72. The average Bonchev–Trinajstić information content (AvgIpc) is 3.02. The van der Waals surface area contributed by atoms with E-state index < -0.39 is 58.8 Å². The molecule has 0 aliphatic carbocycles. The van der Waals surface area contributed by atoms with Crippen LogP contribution in [-0.2, 0) is 21.9 Å². The Morgan fingerprint density at radius 2 is 1.65 bits per heavy atom. The molecule has 2 rings (SSSR count). The number of hydrogen-bond donors (Lipinski definition) is 5. The molecule has 2 unspecified atom stereocenters. The molecule has 9 nitrogen and oxygen atoms in total. The molecule has 0 bridgehead atoms. The molecule has 16 heteroatoms. The summed E-state index contributed by atoms with van der Waals surface area (Å²) in [5, 5.41) is 19.0. The second-order valence-corrected chi connectivity index (χ2v) is 11.0. The molecule has 0 aromatic heterocycles.